The van der Waals surface area contributed by atoms with E-state index in [0.29, 0.717) is 5.56 Å². The molecule has 0 aliphatic carbocycles. The molecule has 14 heteroatoms. The molecule has 37 heavy (non-hydrogen) atoms. The van der Waals surface area contributed by atoms with Crippen LogP contribution >= 0.6 is 45.2 Å². The average molecular weight is 745 g/mol. The molecule has 0 saturated carbocycles. The Morgan fingerprint density at radius 3 is 2.35 bits per heavy atom. The highest BCUT2D eigenvalue weighted by Gasteiger charge is 2.45. The summed E-state index contributed by atoms with van der Waals surface area (Å²) in [6.07, 6.45) is -8.11. The van der Waals surface area contributed by atoms with Gasteiger partial charge in [-0.25, -0.2) is 0 Å². The second-order valence-corrected chi connectivity index (χ2v) is 10.0. The number of carbonyl (C=O) groups is 2. The Morgan fingerprint density at radius 2 is 1.70 bits per heavy atom. The van der Waals surface area contributed by atoms with Gasteiger partial charge in [-0.15, -0.1) is 0 Å². The number of ketones is 1. The van der Waals surface area contributed by atoms with E-state index in [1.807, 2.05) is 22.6 Å². The zero-order valence-corrected chi connectivity index (χ0v) is 23.4. The van der Waals surface area contributed by atoms with Gasteiger partial charge in [-0.1, -0.05) is 28.7 Å². The minimum atomic E-state index is -1.78. The molecule has 1 fully saturated rings. The van der Waals surface area contributed by atoms with Gasteiger partial charge in [-0.05, 0) is 46.7 Å². The molecular formula is C23H25I2NO11. The number of hydrogen-bond donors (Lipinski definition) is 8. The highest BCUT2D eigenvalue weighted by molar-refractivity contribution is 14.1. The second kappa shape index (κ2) is 12.7. The van der Waals surface area contributed by atoms with E-state index in [-0.39, 0.29) is 49.5 Å². The van der Waals surface area contributed by atoms with Crippen LogP contribution in [-0.2, 0) is 16.0 Å². The topological polar surface area (TPSA) is 206 Å². The summed E-state index contributed by atoms with van der Waals surface area (Å²) in [5, 5.41) is 72.9. The van der Waals surface area contributed by atoms with Crippen molar-refractivity contribution in [1.82, 2.24) is 0 Å². The summed E-state index contributed by atoms with van der Waals surface area (Å²) in [5.74, 6) is -2.43. The van der Waals surface area contributed by atoms with Crippen molar-refractivity contribution in [3.05, 3.63) is 39.0 Å². The molecule has 1 saturated heterocycles. The van der Waals surface area contributed by atoms with Crippen LogP contribution in [0.15, 0.2) is 24.3 Å². The second-order valence-electron chi connectivity index (χ2n) is 8.20. The van der Waals surface area contributed by atoms with Crippen molar-refractivity contribution in [2.75, 3.05) is 16.4 Å². The molecular weight excluding hydrogens is 720 g/mol. The monoisotopic (exact) mass is 745 g/mol. The van der Waals surface area contributed by atoms with Crippen molar-refractivity contribution < 1.29 is 54.8 Å². The highest BCUT2D eigenvalue weighted by Crippen LogP contribution is 2.41. The average Bonchev–Trinajstić information content (AvgIpc) is 2.87. The fourth-order valence-electron chi connectivity index (χ4n) is 3.67. The first-order chi connectivity index (χ1) is 17.5. The van der Waals surface area contributed by atoms with Gasteiger partial charge >= 0.3 is 0 Å². The summed E-state index contributed by atoms with van der Waals surface area (Å²) in [6, 6.07) is 5.40. The van der Waals surface area contributed by atoms with Crippen LogP contribution in [0.1, 0.15) is 22.3 Å². The molecule has 0 bridgehead atoms. The van der Waals surface area contributed by atoms with Crippen LogP contribution in [0.3, 0.4) is 0 Å². The van der Waals surface area contributed by atoms with Gasteiger partial charge in [0.1, 0.15) is 47.2 Å². The lowest BCUT2D eigenvalue weighted by Gasteiger charge is -2.39. The van der Waals surface area contributed by atoms with E-state index >= 15 is 0 Å². The normalized spacial score (nSPS) is 23.5. The van der Waals surface area contributed by atoms with E-state index in [2.05, 4.69) is 5.32 Å². The third-order valence-electron chi connectivity index (χ3n) is 5.64. The molecule has 0 unspecified atom stereocenters. The SMILES string of the molecule is O=C(CI)Nc1cc(CCC(=O)c2c(O)cc(O)c(I)c2O[C@@H]2O[C@H](CO)[C@@H](O)[C@H](O)[C@H]2O)ccc1O. The highest BCUT2D eigenvalue weighted by atomic mass is 127. The van der Waals surface area contributed by atoms with Crippen LogP contribution < -0.4 is 10.1 Å². The first kappa shape index (κ1) is 29.6. The Labute approximate surface area is 238 Å². The molecule has 202 valence electrons. The van der Waals surface area contributed by atoms with Gasteiger partial charge in [0.2, 0.25) is 12.2 Å². The zero-order valence-electron chi connectivity index (χ0n) is 19.0. The number of phenolic OH excluding ortho intramolecular Hbond substituents is 3. The van der Waals surface area contributed by atoms with Gasteiger partial charge in [0.15, 0.2) is 11.5 Å². The minimum Gasteiger partial charge on any atom is -0.507 e. The summed E-state index contributed by atoms with van der Waals surface area (Å²) in [7, 11) is 0. The molecule has 3 rings (SSSR count). The zero-order chi connectivity index (χ0) is 27.4. The molecule has 1 aliphatic rings. The van der Waals surface area contributed by atoms with Crippen molar-refractivity contribution in [3.63, 3.8) is 0 Å². The first-order valence-corrected chi connectivity index (χ1v) is 13.5. The third kappa shape index (κ3) is 6.73. The maximum absolute atomic E-state index is 13.2. The molecule has 1 amide bonds. The molecule has 1 heterocycles. The van der Waals surface area contributed by atoms with Crippen molar-refractivity contribution in [3.8, 4) is 23.0 Å². The smallest absolute Gasteiger partial charge is 0.234 e. The van der Waals surface area contributed by atoms with E-state index in [9.17, 15) is 45.3 Å². The fourth-order valence-corrected chi connectivity index (χ4v) is 4.42. The van der Waals surface area contributed by atoms with Gasteiger partial charge in [0, 0.05) is 12.5 Å². The number of nitrogens with one attached hydrogen (secondary N) is 1. The lowest BCUT2D eigenvalue weighted by molar-refractivity contribution is -0.277. The molecule has 0 spiro atoms. The van der Waals surface area contributed by atoms with Gasteiger partial charge < -0.3 is 50.5 Å². The predicted molar refractivity (Wildman–Crippen MR) is 145 cm³/mol. The lowest BCUT2D eigenvalue weighted by atomic mass is 9.98. The summed E-state index contributed by atoms with van der Waals surface area (Å²) in [5.41, 5.74) is 0.455. The van der Waals surface area contributed by atoms with Crippen molar-refractivity contribution in [2.45, 2.75) is 43.5 Å². The van der Waals surface area contributed by atoms with Crippen LogP contribution in [0, 0.1) is 3.57 Å². The van der Waals surface area contributed by atoms with E-state index < -0.39 is 54.6 Å². The molecule has 2 aromatic carbocycles. The van der Waals surface area contributed by atoms with Crippen LogP contribution in [0.2, 0.25) is 0 Å². The largest absolute Gasteiger partial charge is 0.507 e. The molecule has 8 N–H and O–H groups in total. The van der Waals surface area contributed by atoms with Gasteiger partial charge in [0.05, 0.1) is 20.3 Å². The number of aryl methyl sites for hydroxylation is 1. The Balaban J connectivity index is 1.86. The molecule has 2 aromatic rings. The van der Waals surface area contributed by atoms with Crippen molar-refractivity contribution >= 4 is 62.6 Å². The number of aliphatic hydroxyl groups excluding tert-OH is 4. The quantitative estimate of drug-likeness (QED) is 0.0780. The molecule has 0 aromatic heterocycles. The van der Waals surface area contributed by atoms with Crippen LogP contribution in [0.4, 0.5) is 5.69 Å². The molecule has 5 atom stereocenters. The van der Waals surface area contributed by atoms with Crippen LogP contribution in [0.5, 0.6) is 23.0 Å². The Hall–Kier alpha value is -1.96. The number of benzene rings is 2. The number of phenols is 3. The maximum Gasteiger partial charge on any atom is 0.234 e. The van der Waals surface area contributed by atoms with Crippen LogP contribution in [0.25, 0.3) is 0 Å². The Kier molecular flexibility index (Phi) is 10.2. The van der Waals surface area contributed by atoms with Crippen LogP contribution in [-0.4, -0.2) is 89.2 Å². The van der Waals surface area contributed by atoms with Crippen molar-refractivity contribution in [2.24, 2.45) is 0 Å². The number of amides is 1. The first-order valence-electron chi connectivity index (χ1n) is 10.9. The standard InChI is InChI=1S/C23H25I2NO11/c24-7-16(32)26-10-5-9(1-3-11(10)28)2-4-12(29)17-13(30)6-14(31)18(25)22(17)37-23-21(35)20(34)19(33)15(8-27)36-23/h1,3,5-6,15,19-21,23,27-28,30-31,33-35H,2,4,7-8H2,(H,26,32)/t15-,19-,20+,21-,23+/m1/s1. The third-order valence-corrected chi connectivity index (χ3v) is 7.37. The number of aliphatic hydroxyl groups is 4. The van der Waals surface area contributed by atoms with Gasteiger partial charge in [-0.3, -0.25) is 9.59 Å². The number of ether oxygens (including phenoxy) is 2. The van der Waals surface area contributed by atoms with E-state index in [4.69, 9.17) is 9.47 Å². The Morgan fingerprint density at radius 1 is 1.00 bits per heavy atom. The lowest BCUT2D eigenvalue weighted by Crippen LogP contribution is -2.60. The molecule has 12 nitrogen and oxygen atoms in total. The Bertz CT molecular complexity index is 1160. The van der Waals surface area contributed by atoms with Gasteiger partial charge in [-0.2, -0.15) is 0 Å². The summed E-state index contributed by atoms with van der Waals surface area (Å²) < 4.78 is 11.1. The number of aromatic hydroxyl groups is 3. The molecule has 1 aliphatic heterocycles. The number of carbonyl (C=O) groups excluding carboxylic acids is 2. The van der Waals surface area contributed by atoms with Gasteiger partial charge in [0.25, 0.3) is 0 Å². The maximum atomic E-state index is 13.2. The summed E-state index contributed by atoms with van der Waals surface area (Å²) in [4.78, 5) is 24.9. The number of rotatable bonds is 9. The number of Topliss-reactive ketones (excluding diaryl/α,β-unsaturated/α-hetero) is 1. The predicted octanol–water partition coefficient (Wildman–Crippen LogP) is 0.776. The summed E-state index contributed by atoms with van der Waals surface area (Å²) in [6.45, 7) is -0.702. The molecule has 0 radical (unpaired) electrons. The number of halogens is 2. The van der Waals surface area contributed by atoms with E-state index in [1.165, 1.54) is 12.1 Å². The number of hydrogen-bond acceptors (Lipinski definition) is 11. The van der Waals surface area contributed by atoms with Crippen molar-refractivity contribution in [1.29, 1.82) is 0 Å². The summed E-state index contributed by atoms with van der Waals surface area (Å²) >= 11 is 3.54. The number of alkyl halides is 1. The fraction of sp³-hybridized carbons (Fsp3) is 0.391. The minimum absolute atomic E-state index is 0.00383. The van der Waals surface area contributed by atoms with E-state index in [1.54, 1.807) is 28.7 Å². The number of anilines is 1. The van der Waals surface area contributed by atoms with E-state index in [0.717, 1.165) is 6.07 Å².